The second-order valence-corrected chi connectivity index (χ2v) is 5.11. The van der Waals surface area contributed by atoms with E-state index in [1.807, 2.05) is 0 Å². The third-order valence-electron chi connectivity index (χ3n) is 1.89. The van der Waals surface area contributed by atoms with Crippen LogP contribution in [0.15, 0.2) is 12.1 Å². The molecule has 2 aromatic rings. The van der Waals surface area contributed by atoms with Gasteiger partial charge in [-0.3, -0.25) is 10.1 Å². The predicted octanol–water partition coefficient (Wildman–Crippen LogP) is 1.47. The Morgan fingerprint density at radius 1 is 1.56 bits per heavy atom. The molecular weight excluding hydrogens is 268 g/mol. The van der Waals surface area contributed by atoms with Crippen molar-refractivity contribution in [3.8, 4) is 11.8 Å². The van der Waals surface area contributed by atoms with Crippen molar-refractivity contribution < 1.29 is 4.79 Å². The number of rotatable bonds is 2. The van der Waals surface area contributed by atoms with Crippen molar-refractivity contribution in [2.45, 2.75) is 6.92 Å². The summed E-state index contributed by atoms with van der Waals surface area (Å²) in [6.45, 7) is 2.08. The number of anilines is 1. The summed E-state index contributed by atoms with van der Waals surface area (Å²) in [5.41, 5.74) is 5.29. The molecular formula is C11H10N4OS2. The molecule has 0 radical (unpaired) electrons. The minimum atomic E-state index is -0.197. The molecule has 0 saturated heterocycles. The van der Waals surface area contributed by atoms with Crippen molar-refractivity contribution in [2.75, 3.05) is 11.9 Å². The number of carbonyl (C=O) groups is 1. The zero-order chi connectivity index (χ0) is 13.0. The summed E-state index contributed by atoms with van der Waals surface area (Å²) < 4.78 is 3.99. The van der Waals surface area contributed by atoms with Gasteiger partial charge in [0, 0.05) is 11.5 Å². The number of nitrogens with one attached hydrogen (secondary N) is 1. The minimum absolute atomic E-state index is 0.197. The van der Waals surface area contributed by atoms with Crippen LogP contribution in [-0.2, 0) is 0 Å². The second-order valence-electron chi connectivity index (χ2n) is 3.27. The lowest BCUT2D eigenvalue weighted by Gasteiger charge is -1.96. The normalized spacial score (nSPS) is 9.67. The first kappa shape index (κ1) is 12.7. The van der Waals surface area contributed by atoms with Gasteiger partial charge in [0.25, 0.3) is 5.91 Å². The molecule has 2 rings (SSSR count). The Bertz CT molecular complexity index is 620. The van der Waals surface area contributed by atoms with Gasteiger partial charge in [-0.2, -0.15) is 4.37 Å². The molecule has 18 heavy (non-hydrogen) atoms. The minimum Gasteiger partial charge on any atom is -0.320 e. The molecule has 2 aromatic heterocycles. The van der Waals surface area contributed by atoms with Crippen LogP contribution < -0.4 is 11.1 Å². The molecule has 0 aliphatic carbocycles. The highest BCUT2D eigenvalue weighted by atomic mass is 32.1. The molecule has 1 amide bonds. The molecule has 0 fully saturated rings. The topological polar surface area (TPSA) is 80.9 Å². The Balaban J connectivity index is 2.07. The maximum absolute atomic E-state index is 11.9. The summed E-state index contributed by atoms with van der Waals surface area (Å²) in [5.74, 6) is 6.08. The van der Waals surface area contributed by atoms with Gasteiger partial charge in [-0.15, -0.1) is 11.3 Å². The zero-order valence-corrected chi connectivity index (χ0v) is 11.2. The van der Waals surface area contributed by atoms with Crippen LogP contribution in [0.25, 0.3) is 0 Å². The number of thiophene rings is 1. The van der Waals surface area contributed by atoms with Gasteiger partial charge in [0.2, 0.25) is 5.13 Å². The molecule has 0 unspecified atom stereocenters. The van der Waals surface area contributed by atoms with Crippen LogP contribution in [0, 0.1) is 18.8 Å². The summed E-state index contributed by atoms with van der Waals surface area (Å²) >= 11 is 2.48. The Hall–Kier alpha value is -1.75. The monoisotopic (exact) mass is 278 g/mol. The first-order valence-electron chi connectivity index (χ1n) is 5.09. The predicted molar refractivity (Wildman–Crippen MR) is 72.9 cm³/mol. The molecule has 0 aromatic carbocycles. The second kappa shape index (κ2) is 5.73. The van der Waals surface area contributed by atoms with Gasteiger partial charge in [-0.25, -0.2) is 4.98 Å². The number of hydrogen-bond donors (Lipinski definition) is 2. The molecule has 0 aliphatic heterocycles. The quantitative estimate of drug-likeness (QED) is 0.815. The van der Waals surface area contributed by atoms with E-state index in [2.05, 4.69) is 26.5 Å². The number of aromatic nitrogens is 2. The molecule has 0 aliphatic rings. The highest BCUT2D eigenvalue weighted by molar-refractivity contribution is 7.15. The fourth-order valence-corrected chi connectivity index (χ4v) is 2.52. The van der Waals surface area contributed by atoms with E-state index >= 15 is 0 Å². The number of nitrogens with two attached hydrogens (primary N) is 1. The van der Waals surface area contributed by atoms with Crippen LogP contribution >= 0.6 is 22.9 Å². The van der Waals surface area contributed by atoms with E-state index in [9.17, 15) is 4.79 Å². The van der Waals surface area contributed by atoms with Gasteiger partial charge in [0.05, 0.1) is 16.3 Å². The number of aryl methyl sites for hydroxylation is 1. The van der Waals surface area contributed by atoms with Gasteiger partial charge in [-0.05, 0) is 19.1 Å². The van der Waals surface area contributed by atoms with E-state index in [1.54, 1.807) is 19.1 Å². The van der Waals surface area contributed by atoms with Crippen LogP contribution in [0.1, 0.15) is 20.4 Å². The van der Waals surface area contributed by atoms with Crippen molar-refractivity contribution in [3.05, 3.63) is 27.7 Å². The van der Waals surface area contributed by atoms with E-state index in [0.29, 0.717) is 22.4 Å². The molecule has 5 nitrogen and oxygen atoms in total. The SMILES string of the molecule is Cc1nsc(NC(=O)c2ccc(C#CCN)s2)n1. The van der Waals surface area contributed by atoms with Crippen LogP contribution in [0.4, 0.5) is 5.13 Å². The van der Waals surface area contributed by atoms with E-state index in [-0.39, 0.29) is 5.91 Å². The molecule has 3 N–H and O–H groups in total. The molecule has 0 saturated carbocycles. The molecule has 0 atom stereocenters. The summed E-state index contributed by atoms with van der Waals surface area (Å²) in [4.78, 5) is 17.3. The first-order chi connectivity index (χ1) is 8.69. The maximum atomic E-state index is 11.9. The Kier molecular flexibility index (Phi) is 4.04. The molecule has 2 heterocycles. The standard InChI is InChI=1S/C11H10N4OS2/c1-7-13-11(18-15-7)14-10(16)9-5-4-8(17-9)3-2-6-12/h4-5H,6,12H2,1H3,(H,13,14,15,16). The summed E-state index contributed by atoms with van der Waals surface area (Å²) in [7, 11) is 0. The van der Waals surface area contributed by atoms with E-state index in [0.717, 1.165) is 16.4 Å². The molecule has 0 bridgehead atoms. The van der Waals surface area contributed by atoms with Gasteiger partial charge < -0.3 is 5.73 Å². The smallest absolute Gasteiger partial charge is 0.267 e. The highest BCUT2D eigenvalue weighted by Gasteiger charge is 2.11. The van der Waals surface area contributed by atoms with Crippen LogP contribution in [0.3, 0.4) is 0 Å². The van der Waals surface area contributed by atoms with Crippen molar-refractivity contribution in [1.29, 1.82) is 0 Å². The van der Waals surface area contributed by atoms with Crippen molar-refractivity contribution in [1.82, 2.24) is 9.36 Å². The lowest BCUT2D eigenvalue weighted by molar-refractivity contribution is 0.103. The van der Waals surface area contributed by atoms with Crippen molar-refractivity contribution >= 4 is 33.9 Å². The fourth-order valence-electron chi connectivity index (χ4n) is 1.17. The van der Waals surface area contributed by atoms with Crippen LogP contribution in [0.2, 0.25) is 0 Å². The van der Waals surface area contributed by atoms with Crippen molar-refractivity contribution in [2.24, 2.45) is 5.73 Å². The zero-order valence-electron chi connectivity index (χ0n) is 9.56. The number of carbonyl (C=O) groups excluding carboxylic acids is 1. The van der Waals surface area contributed by atoms with Gasteiger partial charge in [-0.1, -0.05) is 11.8 Å². The Labute approximate surface area is 112 Å². The summed E-state index contributed by atoms with van der Waals surface area (Å²) in [6, 6.07) is 3.53. The maximum Gasteiger partial charge on any atom is 0.267 e. The number of amides is 1. The van der Waals surface area contributed by atoms with E-state index in [4.69, 9.17) is 5.73 Å². The molecule has 92 valence electrons. The Morgan fingerprint density at radius 2 is 2.39 bits per heavy atom. The highest BCUT2D eigenvalue weighted by Crippen LogP contribution is 2.18. The third kappa shape index (κ3) is 3.13. The first-order valence-corrected chi connectivity index (χ1v) is 6.68. The third-order valence-corrected chi connectivity index (χ3v) is 3.61. The largest absolute Gasteiger partial charge is 0.320 e. The number of hydrogen-bond acceptors (Lipinski definition) is 6. The molecule has 7 heteroatoms. The van der Waals surface area contributed by atoms with Gasteiger partial charge >= 0.3 is 0 Å². The fraction of sp³-hybridized carbons (Fsp3) is 0.182. The average Bonchev–Trinajstić information content (AvgIpc) is 2.96. The van der Waals surface area contributed by atoms with Crippen LogP contribution in [0.5, 0.6) is 0 Å². The lowest BCUT2D eigenvalue weighted by Crippen LogP contribution is -2.09. The van der Waals surface area contributed by atoms with Crippen molar-refractivity contribution in [3.63, 3.8) is 0 Å². The van der Waals surface area contributed by atoms with Crippen LogP contribution in [-0.4, -0.2) is 21.8 Å². The van der Waals surface area contributed by atoms with Gasteiger partial charge in [0.15, 0.2) is 0 Å². The molecule has 0 spiro atoms. The van der Waals surface area contributed by atoms with E-state index in [1.165, 1.54) is 11.3 Å². The summed E-state index contributed by atoms with van der Waals surface area (Å²) in [5, 5.41) is 3.19. The Morgan fingerprint density at radius 3 is 3.06 bits per heavy atom. The number of nitrogens with zero attached hydrogens (tertiary/aromatic N) is 2. The van der Waals surface area contributed by atoms with E-state index < -0.39 is 0 Å². The lowest BCUT2D eigenvalue weighted by atomic mass is 10.4. The summed E-state index contributed by atoms with van der Waals surface area (Å²) in [6.07, 6.45) is 0. The average molecular weight is 278 g/mol. The van der Waals surface area contributed by atoms with Gasteiger partial charge in [0.1, 0.15) is 5.82 Å².